The highest BCUT2D eigenvalue weighted by Gasteiger charge is 2.41. The number of carbonyl (C=O) groups excluding carboxylic acids is 2. The number of piperazine rings is 1. The third-order valence-corrected chi connectivity index (χ3v) is 10.1. The third kappa shape index (κ3) is 5.37. The van der Waals surface area contributed by atoms with Crippen molar-refractivity contribution >= 4 is 44.3 Å². The maximum Gasteiger partial charge on any atom is 0.310 e. The molecule has 2 atom stereocenters. The molecule has 0 spiro atoms. The summed E-state index contributed by atoms with van der Waals surface area (Å²) in [5.41, 5.74) is 1.28. The topological polar surface area (TPSA) is 139 Å². The molecule has 0 saturated carbocycles. The number of hydrogen-bond donors (Lipinski definition) is 1. The van der Waals surface area contributed by atoms with Crippen LogP contribution < -0.4 is 10.2 Å². The van der Waals surface area contributed by atoms with E-state index in [2.05, 4.69) is 10.3 Å². The highest BCUT2D eigenvalue weighted by Crippen LogP contribution is 2.30. The summed E-state index contributed by atoms with van der Waals surface area (Å²) in [6.45, 7) is 4.23. The Morgan fingerprint density at radius 1 is 1.17 bits per heavy atom. The van der Waals surface area contributed by atoms with Crippen LogP contribution in [0.5, 0.6) is 0 Å². The molecule has 2 amide bonds. The van der Waals surface area contributed by atoms with Gasteiger partial charge in [0.2, 0.25) is 5.91 Å². The van der Waals surface area contributed by atoms with Crippen LogP contribution in [0.25, 0.3) is 10.9 Å². The van der Waals surface area contributed by atoms with Crippen LogP contribution in [0.3, 0.4) is 0 Å². The molecule has 2 fully saturated rings. The van der Waals surface area contributed by atoms with Crippen molar-refractivity contribution in [3.8, 4) is 0 Å². The third-order valence-electron chi connectivity index (χ3n) is 8.03. The lowest BCUT2D eigenvalue weighted by molar-refractivity contribution is -0.136. The molecule has 1 aromatic carbocycles. The molecular formula is C27H33ClN6O7S. The van der Waals surface area contributed by atoms with Crippen LogP contribution in [0.15, 0.2) is 33.7 Å². The second kappa shape index (κ2) is 11.5. The maximum absolute atomic E-state index is 14.0. The zero-order chi connectivity index (χ0) is 29.6. The zero-order valence-corrected chi connectivity index (χ0v) is 25.0. The molecule has 0 radical (unpaired) electrons. The second-order valence-corrected chi connectivity index (χ2v) is 13.1. The number of aromatic nitrogens is 2. The fourth-order valence-electron chi connectivity index (χ4n) is 5.79. The quantitative estimate of drug-likeness (QED) is 0.430. The smallest absolute Gasteiger partial charge is 0.310 e. The summed E-state index contributed by atoms with van der Waals surface area (Å²) in [5, 5.41) is 4.29. The van der Waals surface area contributed by atoms with Gasteiger partial charge < -0.3 is 29.1 Å². The summed E-state index contributed by atoms with van der Waals surface area (Å²) in [7, 11) is -2.71. The number of rotatable bonds is 6. The van der Waals surface area contributed by atoms with Gasteiger partial charge in [-0.15, -0.1) is 0 Å². The highest BCUT2D eigenvalue weighted by atomic mass is 35.5. The lowest BCUT2D eigenvalue weighted by Gasteiger charge is -2.40. The van der Waals surface area contributed by atoms with Crippen LogP contribution >= 0.6 is 11.6 Å². The van der Waals surface area contributed by atoms with Crippen LogP contribution in [-0.2, 0) is 32.5 Å². The fourth-order valence-corrected chi connectivity index (χ4v) is 7.58. The van der Waals surface area contributed by atoms with E-state index in [4.69, 9.17) is 25.6 Å². The molecule has 42 heavy (non-hydrogen) atoms. The number of ether oxygens (including phenoxy) is 1. The monoisotopic (exact) mass is 620 g/mol. The number of fused-ring (bicyclic) bond motifs is 2. The van der Waals surface area contributed by atoms with E-state index in [0.717, 1.165) is 5.69 Å². The first-order chi connectivity index (χ1) is 20.2. The van der Waals surface area contributed by atoms with Crippen molar-refractivity contribution in [3.05, 3.63) is 46.6 Å². The molecule has 2 saturated heterocycles. The van der Waals surface area contributed by atoms with Gasteiger partial charge in [0, 0.05) is 62.0 Å². The van der Waals surface area contributed by atoms with Crippen LogP contribution in [0.1, 0.15) is 35.5 Å². The minimum absolute atomic E-state index is 0.0152. The number of nitrogens with one attached hydrogen (secondary N) is 1. The number of carbonyl (C=O) groups is 2. The number of amides is 2. The van der Waals surface area contributed by atoms with E-state index in [-0.39, 0.29) is 48.9 Å². The van der Waals surface area contributed by atoms with Gasteiger partial charge in [-0.05, 0) is 31.2 Å². The average molecular weight is 621 g/mol. The summed E-state index contributed by atoms with van der Waals surface area (Å²) in [4.78, 5) is 40.2. The van der Waals surface area contributed by atoms with E-state index in [9.17, 15) is 18.0 Å². The number of benzene rings is 1. The first-order valence-corrected chi connectivity index (χ1v) is 15.7. The minimum Gasteiger partial charge on any atom is -0.436 e. The fraction of sp³-hybridized carbons (Fsp3) is 0.519. The number of morpholine rings is 1. The Morgan fingerprint density at radius 3 is 2.71 bits per heavy atom. The van der Waals surface area contributed by atoms with Gasteiger partial charge in [-0.2, -0.15) is 9.04 Å². The highest BCUT2D eigenvalue weighted by molar-refractivity contribution is 7.89. The molecule has 3 aromatic rings. The van der Waals surface area contributed by atoms with Crippen molar-refractivity contribution in [1.82, 2.24) is 29.1 Å². The van der Waals surface area contributed by atoms with Crippen LogP contribution in [0, 0.1) is 0 Å². The van der Waals surface area contributed by atoms with Gasteiger partial charge in [-0.25, -0.2) is 13.4 Å². The van der Waals surface area contributed by atoms with Gasteiger partial charge in [-0.1, -0.05) is 11.6 Å². The van der Waals surface area contributed by atoms with E-state index in [1.165, 1.54) is 27.1 Å². The Morgan fingerprint density at radius 2 is 1.95 bits per heavy atom. The predicted molar refractivity (Wildman–Crippen MR) is 152 cm³/mol. The Bertz CT molecular complexity index is 1620. The second-order valence-electron chi connectivity index (χ2n) is 10.8. The Kier molecular flexibility index (Phi) is 7.91. The van der Waals surface area contributed by atoms with Crippen molar-refractivity contribution in [2.45, 2.75) is 43.4 Å². The predicted octanol–water partition coefficient (Wildman–Crippen LogP) is 1.14. The van der Waals surface area contributed by atoms with Gasteiger partial charge in [-0.3, -0.25) is 9.59 Å². The van der Waals surface area contributed by atoms with E-state index in [1.807, 2.05) is 6.92 Å². The standard InChI is InChI=1S/C27H33ClN6O7S/c1-17-11-21-23(15-29-17)41-26(30-21)27(36)33-6-5-32(16-20(33)14-24(35)31-7-9-40-10-8-31)42(37,38)25-13-18-12-19(28)3-4-22(18)34(25)39-2/h3-4,12-13,17,20,29H,5-11,14-16H2,1-2H3. The first kappa shape index (κ1) is 28.9. The van der Waals surface area contributed by atoms with Gasteiger partial charge >= 0.3 is 5.91 Å². The van der Waals surface area contributed by atoms with E-state index in [0.29, 0.717) is 61.0 Å². The number of hydrogen-bond acceptors (Lipinski definition) is 9. The zero-order valence-electron chi connectivity index (χ0n) is 23.4. The van der Waals surface area contributed by atoms with Crippen molar-refractivity contribution in [2.24, 2.45) is 0 Å². The molecule has 0 bridgehead atoms. The molecule has 3 aliphatic heterocycles. The number of sulfonamides is 1. The number of halogens is 1. The van der Waals surface area contributed by atoms with E-state index < -0.39 is 22.0 Å². The number of oxazole rings is 1. The molecular weight excluding hydrogens is 588 g/mol. The van der Waals surface area contributed by atoms with Crippen molar-refractivity contribution in [2.75, 3.05) is 53.0 Å². The van der Waals surface area contributed by atoms with Crippen LogP contribution in [-0.4, -0.2) is 109 Å². The largest absolute Gasteiger partial charge is 0.436 e. The van der Waals surface area contributed by atoms with Crippen LogP contribution in [0.2, 0.25) is 5.02 Å². The van der Waals surface area contributed by atoms with Gasteiger partial charge in [0.05, 0.1) is 37.0 Å². The summed E-state index contributed by atoms with van der Waals surface area (Å²) in [6, 6.07) is 5.98. The molecule has 1 N–H and O–H groups in total. The van der Waals surface area contributed by atoms with Crippen molar-refractivity contribution in [3.63, 3.8) is 0 Å². The molecule has 13 nitrogen and oxygen atoms in total. The van der Waals surface area contributed by atoms with Gasteiger partial charge in [0.1, 0.15) is 12.9 Å². The Hall–Kier alpha value is -3.17. The molecule has 6 rings (SSSR count). The summed E-state index contributed by atoms with van der Waals surface area (Å²) >= 11 is 6.15. The Labute approximate surface area is 248 Å². The molecule has 5 heterocycles. The normalized spacial score (nSPS) is 21.9. The van der Waals surface area contributed by atoms with Crippen LogP contribution in [0.4, 0.5) is 0 Å². The van der Waals surface area contributed by atoms with E-state index >= 15 is 0 Å². The summed E-state index contributed by atoms with van der Waals surface area (Å²) in [6.07, 6.45) is 0.579. The first-order valence-electron chi connectivity index (χ1n) is 13.9. The summed E-state index contributed by atoms with van der Waals surface area (Å²) < 4.78 is 41.8. The van der Waals surface area contributed by atoms with Gasteiger partial charge in [0.15, 0.2) is 5.03 Å². The molecule has 2 aromatic heterocycles. The molecule has 15 heteroatoms. The maximum atomic E-state index is 14.0. The van der Waals surface area contributed by atoms with Crippen molar-refractivity contribution < 1.29 is 32.0 Å². The van der Waals surface area contributed by atoms with Crippen molar-refractivity contribution in [1.29, 1.82) is 0 Å². The minimum atomic E-state index is -4.10. The molecule has 2 unspecified atom stereocenters. The molecule has 0 aliphatic carbocycles. The Balaban J connectivity index is 1.30. The SMILES string of the molecule is COn1c(S(=O)(=O)N2CCN(C(=O)c3nc4c(o3)CNC(C)C4)C(CC(=O)N3CCOCC3)C2)cc2cc(Cl)ccc21. The molecule has 226 valence electrons. The van der Waals surface area contributed by atoms with E-state index in [1.54, 1.807) is 23.1 Å². The molecule has 3 aliphatic rings. The van der Waals surface area contributed by atoms with Gasteiger partial charge in [0.25, 0.3) is 15.9 Å². The lowest BCUT2D eigenvalue weighted by atomic mass is 10.1. The summed E-state index contributed by atoms with van der Waals surface area (Å²) in [5.74, 6) is -0.0706. The number of nitrogens with zero attached hydrogens (tertiary/aromatic N) is 5. The average Bonchev–Trinajstić information content (AvgIpc) is 3.58. The lowest BCUT2D eigenvalue weighted by Crippen LogP contribution is -2.58.